The number of aromatic amines is 1. The molecule has 256 valence electrons. The van der Waals surface area contributed by atoms with Gasteiger partial charge in [-0.15, -0.1) is 0 Å². The molecule has 11 nitrogen and oxygen atoms in total. The maximum Gasteiger partial charge on any atom is 0.326 e. The molecule has 4 rings (SSSR count). The number of carboxylic acids is 1. The first kappa shape index (κ1) is 36.1. The number of hydrogen-bond donors (Lipinski definition) is 6. The molecule has 4 aromatic rings. The molecule has 0 aliphatic carbocycles. The molecule has 0 aliphatic heterocycles. The number of aromatic nitrogens is 2. The number of phenols is 1. The van der Waals surface area contributed by atoms with Gasteiger partial charge in [-0.25, -0.2) is 9.78 Å². The fraction of sp³-hybridized carbons (Fsp3) is 0.289. The quantitative estimate of drug-likeness (QED) is 0.0685. The van der Waals surface area contributed by atoms with E-state index < -0.39 is 41.8 Å². The lowest BCUT2D eigenvalue weighted by molar-refractivity contribution is -0.142. The summed E-state index contributed by atoms with van der Waals surface area (Å²) in [6.07, 6.45) is 10.6. The minimum Gasteiger partial charge on any atom is -0.508 e. The largest absolute Gasteiger partial charge is 0.508 e. The van der Waals surface area contributed by atoms with Crippen molar-refractivity contribution < 1.29 is 29.4 Å². The number of amides is 3. The van der Waals surface area contributed by atoms with Gasteiger partial charge < -0.3 is 31.1 Å². The van der Waals surface area contributed by atoms with E-state index >= 15 is 0 Å². The molecule has 0 fully saturated rings. The molecule has 0 saturated heterocycles. The van der Waals surface area contributed by atoms with E-state index in [0.29, 0.717) is 11.3 Å². The predicted molar refractivity (Wildman–Crippen MR) is 186 cm³/mol. The number of aromatic hydroxyl groups is 1. The fourth-order valence-electron chi connectivity index (χ4n) is 5.26. The topological polar surface area (TPSA) is 174 Å². The van der Waals surface area contributed by atoms with Crippen LogP contribution in [0.1, 0.15) is 54.1 Å². The van der Waals surface area contributed by atoms with E-state index in [2.05, 4.69) is 32.8 Å². The number of aliphatic carboxylic acids is 1. The van der Waals surface area contributed by atoms with Crippen LogP contribution in [-0.2, 0) is 44.9 Å². The average molecular weight is 666 g/mol. The lowest BCUT2D eigenvalue weighted by Gasteiger charge is -2.24. The molecular weight excluding hydrogens is 622 g/mol. The van der Waals surface area contributed by atoms with Gasteiger partial charge in [0.15, 0.2) is 0 Å². The van der Waals surface area contributed by atoms with Crippen molar-refractivity contribution in [3.05, 3.63) is 125 Å². The minimum atomic E-state index is -1.30. The Hall–Kier alpha value is -5.71. The molecular formula is C38H43N5O6. The molecule has 1 heterocycles. The van der Waals surface area contributed by atoms with Crippen LogP contribution in [0.2, 0.25) is 0 Å². The van der Waals surface area contributed by atoms with Crippen LogP contribution in [0.25, 0.3) is 6.08 Å². The lowest BCUT2D eigenvalue weighted by atomic mass is 10.0. The molecule has 0 radical (unpaired) electrons. The molecule has 0 bridgehead atoms. The number of phenolic OH excluding ortho intramolecular Hbond substituents is 1. The monoisotopic (exact) mass is 665 g/mol. The summed E-state index contributed by atoms with van der Waals surface area (Å²) in [6, 6.07) is 19.4. The maximum atomic E-state index is 13.8. The van der Waals surface area contributed by atoms with E-state index in [-0.39, 0.29) is 25.0 Å². The number of aryl methyl sites for hydroxylation is 1. The van der Waals surface area contributed by atoms with Gasteiger partial charge in [-0.1, -0.05) is 86.5 Å². The number of carbonyl (C=O) groups excluding carboxylic acids is 3. The number of H-pyrrole nitrogens is 1. The first-order valence-electron chi connectivity index (χ1n) is 16.4. The third kappa shape index (κ3) is 12.1. The zero-order valence-electron chi connectivity index (χ0n) is 27.5. The van der Waals surface area contributed by atoms with Gasteiger partial charge in [-0.2, -0.15) is 0 Å². The van der Waals surface area contributed by atoms with Crippen LogP contribution < -0.4 is 16.0 Å². The van der Waals surface area contributed by atoms with E-state index in [1.165, 1.54) is 36.5 Å². The summed E-state index contributed by atoms with van der Waals surface area (Å²) < 4.78 is 0. The first-order valence-corrected chi connectivity index (χ1v) is 16.4. The SMILES string of the molecule is CCCCCc1ccc(C=CC(=O)NC(Cc2cnc[nH]2)C(=O)NC(Cc2ccccc2)C(=O)NC(Cc2ccc(O)cc2)C(=O)O)cc1. The number of unbranched alkanes of at least 4 members (excludes halogenated alkanes) is 2. The highest BCUT2D eigenvalue weighted by molar-refractivity contribution is 5.97. The number of benzene rings is 3. The second-order valence-corrected chi connectivity index (χ2v) is 11.9. The van der Waals surface area contributed by atoms with E-state index in [1.54, 1.807) is 48.7 Å². The van der Waals surface area contributed by atoms with Gasteiger partial charge in [0.25, 0.3) is 0 Å². The summed E-state index contributed by atoms with van der Waals surface area (Å²) in [7, 11) is 0. The molecule has 3 unspecified atom stereocenters. The number of hydrogen-bond acceptors (Lipinski definition) is 6. The molecule has 3 amide bonds. The Balaban J connectivity index is 1.48. The van der Waals surface area contributed by atoms with E-state index in [1.807, 2.05) is 30.3 Å². The summed E-state index contributed by atoms with van der Waals surface area (Å²) >= 11 is 0. The predicted octanol–water partition coefficient (Wildman–Crippen LogP) is 4.13. The minimum absolute atomic E-state index is 0.0318. The Bertz CT molecular complexity index is 1670. The molecule has 11 heteroatoms. The van der Waals surface area contributed by atoms with Crippen molar-refractivity contribution in [3.8, 4) is 5.75 Å². The summed E-state index contributed by atoms with van der Waals surface area (Å²) in [6.45, 7) is 2.17. The number of rotatable bonds is 18. The third-order valence-electron chi connectivity index (χ3n) is 7.99. The zero-order valence-corrected chi connectivity index (χ0v) is 27.5. The summed E-state index contributed by atoms with van der Waals surface area (Å²) in [4.78, 5) is 59.5. The van der Waals surface area contributed by atoms with Crippen LogP contribution in [-0.4, -0.2) is 62.0 Å². The van der Waals surface area contributed by atoms with Crippen LogP contribution in [0.15, 0.2) is 97.5 Å². The highest BCUT2D eigenvalue weighted by Gasteiger charge is 2.30. The molecule has 3 aromatic carbocycles. The summed E-state index contributed by atoms with van der Waals surface area (Å²) in [5.74, 6) is -3.06. The van der Waals surface area contributed by atoms with E-state index in [4.69, 9.17) is 0 Å². The average Bonchev–Trinajstić information content (AvgIpc) is 3.61. The van der Waals surface area contributed by atoms with Crippen molar-refractivity contribution in [1.29, 1.82) is 0 Å². The standard InChI is InChI=1S/C38H43N5O6/c1-2-3-5-8-26-11-13-27(14-12-26)17-20-35(45)41-33(23-30-24-39-25-40-30)37(47)42-32(21-28-9-6-4-7-10-28)36(46)43-34(38(48)49)22-29-15-18-31(44)19-16-29/h4,6-7,9-20,24-25,32-34,44H,2-3,5,8,21-23H2,1H3,(H,39,40)(H,41,45)(H,42,47)(H,43,46)(H,48,49). The second kappa shape index (κ2) is 18.6. The Morgan fingerprint density at radius 1 is 0.755 bits per heavy atom. The lowest BCUT2D eigenvalue weighted by Crippen LogP contribution is -2.57. The molecule has 0 spiro atoms. The van der Waals surface area contributed by atoms with Crippen LogP contribution >= 0.6 is 0 Å². The number of carboxylic acid groups (broad SMARTS) is 1. The van der Waals surface area contributed by atoms with Gasteiger partial charge >= 0.3 is 5.97 Å². The number of carbonyl (C=O) groups is 4. The fourth-order valence-corrected chi connectivity index (χ4v) is 5.26. The Morgan fingerprint density at radius 2 is 1.37 bits per heavy atom. The van der Waals surface area contributed by atoms with Gasteiger partial charge in [0, 0.05) is 37.2 Å². The first-order chi connectivity index (χ1) is 23.7. The van der Waals surface area contributed by atoms with Gasteiger partial charge in [-0.3, -0.25) is 14.4 Å². The zero-order chi connectivity index (χ0) is 35.0. The van der Waals surface area contributed by atoms with Crippen molar-refractivity contribution in [1.82, 2.24) is 25.9 Å². The molecule has 49 heavy (non-hydrogen) atoms. The van der Waals surface area contributed by atoms with Crippen molar-refractivity contribution in [3.63, 3.8) is 0 Å². The van der Waals surface area contributed by atoms with E-state index in [0.717, 1.165) is 30.4 Å². The highest BCUT2D eigenvalue weighted by atomic mass is 16.4. The molecule has 3 atom stereocenters. The summed E-state index contributed by atoms with van der Waals surface area (Å²) in [5, 5.41) is 27.5. The van der Waals surface area contributed by atoms with Crippen LogP contribution in [0.4, 0.5) is 0 Å². The number of imidazole rings is 1. The Labute approximate surface area is 285 Å². The van der Waals surface area contributed by atoms with Crippen molar-refractivity contribution in [2.75, 3.05) is 0 Å². The molecule has 6 N–H and O–H groups in total. The molecule has 1 aromatic heterocycles. The maximum absolute atomic E-state index is 13.8. The normalized spacial score (nSPS) is 12.9. The Kier molecular flexibility index (Phi) is 13.7. The molecule has 0 saturated carbocycles. The third-order valence-corrected chi connectivity index (χ3v) is 7.99. The van der Waals surface area contributed by atoms with E-state index in [9.17, 15) is 29.4 Å². The second-order valence-electron chi connectivity index (χ2n) is 11.9. The van der Waals surface area contributed by atoms with Crippen molar-refractivity contribution in [2.45, 2.75) is 70.0 Å². The smallest absolute Gasteiger partial charge is 0.326 e. The molecule has 0 aliphatic rings. The van der Waals surface area contributed by atoms with Crippen LogP contribution in [0.5, 0.6) is 5.75 Å². The van der Waals surface area contributed by atoms with Gasteiger partial charge in [-0.05, 0) is 53.3 Å². The highest BCUT2D eigenvalue weighted by Crippen LogP contribution is 2.13. The van der Waals surface area contributed by atoms with Crippen molar-refractivity contribution >= 4 is 29.8 Å². The van der Waals surface area contributed by atoms with Gasteiger partial charge in [0.1, 0.15) is 23.9 Å². The number of nitrogens with one attached hydrogen (secondary N) is 4. The van der Waals surface area contributed by atoms with Gasteiger partial charge in [0.2, 0.25) is 17.7 Å². The number of nitrogens with zero attached hydrogens (tertiary/aromatic N) is 1. The van der Waals surface area contributed by atoms with Crippen molar-refractivity contribution in [2.24, 2.45) is 0 Å². The summed E-state index contributed by atoms with van der Waals surface area (Å²) in [5.41, 5.74) is 3.99. The Morgan fingerprint density at radius 3 is 2.00 bits per heavy atom. The van der Waals surface area contributed by atoms with Crippen LogP contribution in [0, 0.1) is 0 Å². The van der Waals surface area contributed by atoms with Gasteiger partial charge in [0.05, 0.1) is 6.33 Å². The van der Waals surface area contributed by atoms with Crippen LogP contribution in [0.3, 0.4) is 0 Å².